The first-order valence-corrected chi connectivity index (χ1v) is 7.51. The topological polar surface area (TPSA) is 32.3 Å². The van der Waals surface area contributed by atoms with Crippen LogP contribution in [-0.4, -0.2) is 5.11 Å². The van der Waals surface area contributed by atoms with Gasteiger partial charge in [0.1, 0.15) is 5.82 Å². The predicted octanol–water partition coefficient (Wildman–Crippen LogP) is 3.85. The maximum absolute atomic E-state index is 13.3. The summed E-state index contributed by atoms with van der Waals surface area (Å²) < 4.78 is 13.3. The van der Waals surface area contributed by atoms with Gasteiger partial charge in [0.05, 0.1) is 6.61 Å². The van der Waals surface area contributed by atoms with Crippen molar-refractivity contribution in [2.45, 2.75) is 40.0 Å². The zero-order valence-corrected chi connectivity index (χ0v) is 12.9. The number of halogens is 1. The molecule has 0 spiro atoms. The highest BCUT2D eigenvalue weighted by atomic mass is 32.1. The Balaban J connectivity index is 2.03. The van der Waals surface area contributed by atoms with E-state index in [9.17, 15) is 4.39 Å². The average Bonchev–Trinajstić information content (AvgIpc) is 2.76. The van der Waals surface area contributed by atoms with Crippen LogP contribution in [0.25, 0.3) is 0 Å². The Labute approximate surface area is 123 Å². The van der Waals surface area contributed by atoms with Crippen LogP contribution in [0.2, 0.25) is 0 Å². The first-order valence-electron chi connectivity index (χ1n) is 6.69. The van der Waals surface area contributed by atoms with Crippen molar-refractivity contribution in [3.63, 3.8) is 0 Å². The summed E-state index contributed by atoms with van der Waals surface area (Å²) in [5.74, 6) is -0.353. The highest BCUT2D eigenvalue weighted by Gasteiger charge is 2.11. The molecule has 1 aromatic carbocycles. The molecule has 1 aromatic heterocycles. The monoisotopic (exact) mass is 293 g/mol. The summed E-state index contributed by atoms with van der Waals surface area (Å²) in [5, 5.41) is 12.5. The third kappa shape index (κ3) is 3.45. The van der Waals surface area contributed by atoms with Gasteiger partial charge >= 0.3 is 0 Å². The molecule has 1 unspecified atom stereocenters. The fraction of sp³-hybridized carbons (Fsp3) is 0.375. The first kappa shape index (κ1) is 15.2. The van der Waals surface area contributed by atoms with Gasteiger partial charge in [0, 0.05) is 27.9 Å². The molecular formula is C16H20FNOS. The molecule has 2 nitrogen and oxygen atoms in total. The molecule has 2 rings (SSSR count). The van der Waals surface area contributed by atoms with Crippen LogP contribution in [-0.2, 0) is 13.2 Å². The van der Waals surface area contributed by atoms with Crippen LogP contribution in [0.3, 0.4) is 0 Å². The van der Waals surface area contributed by atoms with Crippen molar-refractivity contribution in [2.75, 3.05) is 0 Å². The Morgan fingerprint density at radius 1 is 1.30 bits per heavy atom. The minimum atomic E-state index is -0.353. The minimum Gasteiger partial charge on any atom is -0.392 e. The van der Waals surface area contributed by atoms with E-state index in [0.717, 1.165) is 5.56 Å². The second-order valence-corrected chi connectivity index (χ2v) is 6.52. The van der Waals surface area contributed by atoms with Gasteiger partial charge in [-0.05, 0) is 50.1 Å². The number of thiophene rings is 1. The van der Waals surface area contributed by atoms with E-state index in [4.69, 9.17) is 5.11 Å². The summed E-state index contributed by atoms with van der Waals surface area (Å²) in [6, 6.07) is 7.33. The lowest BCUT2D eigenvalue weighted by atomic mass is 10.1. The third-order valence-corrected chi connectivity index (χ3v) is 4.42. The minimum absolute atomic E-state index is 0.252. The largest absolute Gasteiger partial charge is 0.392 e. The lowest BCUT2D eigenvalue weighted by molar-refractivity contribution is 0.275. The lowest BCUT2D eigenvalue weighted by Crippen LogP contribution is -2.18. The van der Waals surface area contributed by atoms with Crippen molar-refractivity contribution in [3.8, 4) is 0 Å². The third-order valence-electron chi connectivity index (χ3n) is 3.44. The highest BCUT2D eigenvalue weighted by molar-refractivity contribution is 7.12. The van der Waals surface area contributed by atoms with Crippen molar-refractivity contribution in [2.24, 2.45) is 0 Å². The molecule has 0 fully saturated rings. The van der Waals surface area contributed by atoms with Gasteiger partial charge in [-0.3, -0.25) is 0 Å². The fourth-order valence-corrected chi connectivity index (χ4v) is 3.34. The molecule has 0 saturated carbocycles. The SMILES string of the molecule is Cc1cc(C(C)NCc2ccc(F)c(CO)c2)c(C)s1. The quantitative estimate of drug-likeness (QED) is 0.877. The number of hydrogen-bond acceptors (Lipinski definition) is 3. The summed E-state index contributed by atoms with van der Waals surface area (Å²) in [6.07, 6.45) is 0. The van der Waals surface area contributed by atoms with E-state index in [1.807, 2.05) is 0 Å². The van der Waals surface area contributed by atoms with Crippen LogP contribution in [0.5, 0.6) is 0 Å². The summed E-state index contributed by atoms with van der Waals surface area (Å²) in [7, 11) is 0. The van der Waals surface area contributed by atoms with Crippen LogP contribution in [0.4, 0.5) is 4.39 Å². The van der Waals surface area contributed by atoms with Gasteiger partial charge in [-0.15, -0.1) is 11.3 Å². The first-order chi connectivity index (χ1) is 9.51. The fourth-order valence-electron chi connectivity index (χ4n) is 2.32. The summed E-state index contributed by atoms with van der Waals surface area (Å²) in [6.45, 7) is 6.76. The molecule has 4 heteroatoms. The van der Waals surface area contributed by atoms with Crippen molar-refractivity contribution >= 4 is 11.3 Å². The zero-order valence-electron chi connectivity index (χ0n) is 12.0. The second-order valence-electron chi connectivity index (χ2n) is 5.06. The molecule has 0 amide bonds. The molecule has 20 heavy (non-hydrogen) atoms. The maximum Gasteiger partial charge on any atom is 0.128 e. The molecule has 2 aromatic rings. The summed E-state index contributed by atoms with van der Waals surface area (Å²) in [5.41, 5.74) is 2.64. The number of aliphatic hydroxyl groups is 1. The van der Waals surface area contributed by atoms with Gasteiger partial charge in [0.25, 0.3) is 0 Å². The van der Waals surface area contributed by atoms with Gasteiger partial charge in [0.2, 0.25) is 0 Å². The van der Waals surface area contributed by atoms with E-state index in [0.29, 0.717) is 12.1 Å². The summed E-state index contributed by atoms with van der Waals surface area (Å²) >= 11 is 1.80. The van der Waals surface area contributed by atoms with E-state index in [-0.39, 0.29) is 18.5 Å². The van der Waals surface area contributed by atoms with Crippen LogP contribution in [0.1, 0.15) is 39.4 Å². The van der Waals surface area contributed by atoms with Gasteiger partial charge in [-0.2, -0.15) is 0 Å². The van der Waals surface area contributed by atoms with Crippen molar-refractivity contribution < 1.29 is 9.50 Å². The normalized spacial score (nSPS) is 12.7. The molecule has 0 aliphatic carbocycles. The Morgan fingerprint density at radius 2 is 2.05 bits per heavy atom. The number of hydrogen-bond donors (Lipinski definition) is 2. The molecule has 0 radical (unpaired) electrons. The summed E-state index contributed by atoms with van der Waals surface area (Å²) in [4.78, 5) is 2.65. The molecule has 0 aliphatic heterocycles. The van der Waals surface area contributed by atoms with Gasteiger partial charge in [0.15, 0.2) is 0 Å². The molecule has 1 heterocycles. The average molecular weight is 293 g/mol. The molecular weight excluding hydrogens is 273 g/mol. The van der Waals surface area contributed by atoms with Crippen LogP contribution in [0, 0.1) is 19.7 Å². The standard InChI is InChI=1S/C16H20FNOS/c1-10-6-15(12(3)20-10)11(2)18-8-13-4-5-16(17)14(7-13)9-19/h4-7,11,18-19H,8-9H2,1-3H3. The second kappa shape index (κ2) is 6.48. The smallest absolute Gasteiger partial charge is 0.128 e. The number of nitrogens with one attached hydrogen (secondary N) is 1. The molecule has 108 valence electrons. The Hall–Kier alpha value is -1.23. The van der Waals surface area contributed by atoms with E-state index >= 15 is 0 Å². The highest BCUT2D eigenvalue weighted by Crippen LogP contribution is 2.26. The number of benzene rings is 1. The Morgan fingerprint density at radius 3 is 2.65 bits per heavy atom. The Bertz CT molecular complexity index is 594. The predicted molar refractivity (Wildman–Crippen MR) is 81.4 cm³/mol. The number of aliphatic hydroxyl groups excluding tert-OH is 1. The Kier molecular flexibility index (Phi) is 4.91. The van der Waals surface area contributed by atoms with E-state index in [1.54, 1.807) is 23.5 Å². The number of rotatable bonds is 5. The van der Waals surface area contributed by atoms with Crippen molar-refractivity contribution in [1.82, 2.24) is 5.32 Å². The van der Waals surface area contributed by atoms with Crippen molar-refractivity contribution in [3.05, 3.63) is 56.5 Å². The zero-order chi connectivity index (χ0) is 14.7. The van der Waals surface area contributed by atoms with Gasteiger partial charge in [-0.1, -0.05) is 6.07 Å². The molecule has 1 atom stereocenters. The molecule has 0 aliphatic rings. The molecule has 2 N–H and O–H groups in total. The van der Waals surface area contributed by atoms with Gasteiger partial charge < -0.3 is 10.4 Å². The van der Waals surface area contributed by atoms with Gasteiger partial charge in [-0.25, -0.2) is 4.39 Å². The van der Waals surface area contributed by atoms with E-state index in [1.165, 1.54) is 21.4 Å². The van der Waals surface area contributed by atoms with Crippen LogP contribution in [0.15, 0.2) is 24.3 Å². The van der Waals surface area contributed by atoms with E-state index in [2.05, 4.69) is 32.2 Å². The lowest BCUT2D eigenvalue weighted by Gasteiger charge is -2.14. The van der Waals surface area contributed by atoms with E-state index < -0.39 is 0 Å². The maximum atomic E-state index is 13.3. The van der Waals surface area contributed by atoms with Crippen LogP contribution >= 0.6 is 11.3 Å². The number of aryl methyl sites for hydroxylation is 2. The molecule has 0 bridgehead atoms. The van der Waals surface area contributed by atoms with Crippen molar-refractivity contribution in [1.29, 1.82) is 0 Å². The molecule has 0 saturated heterocycles. The van der Waals surface area contributed by atoms with Crippen LogP contribution < -0.4 is 5.32 Å².